The van der Waals surface area contributed by atoms with E-state index in [2.05, 4.69) is 10.4 Å². The zero-order valence-electron chi connectivity index (χ0n) is 13.2. The third-order valence-corrected chi connectivity index (χ3v) is 5.79. The van der Waals surface area contributed by atoms with Crippen LogP contribution >= 0.6 is 11.8 Å². The Morgan fingerprint density at radius 3 is 2.62 bits per heavy atom. The smallest absolute Gasteiger partial charge is 0.270 e. The number of ether oxygens (including phenoxy) is 1. The van der Waals surface area contributed by atoms with Gasteiger partial charge >= 0.3 is 0 Å². The standard InChI is InChI=1S/C17H19N3O3S/c21-13-10-24-15(11-4-2-1-3-5-11)14-16(18-13)20(19-17(14)22)12-6-8-23-9-7-12/h1-5,12,15H,6-10H2,(H,18,21)(H,19,22). The lowest BCUT2D eigenvalue weighted by atomic mass is 10.1. The van der Waals surface area contributed by atoms with Gasteiger partial charge in [0.05, 0.1) is 22.6 Å². The highest BCUT2D eigenvalue weighted by Gasteiger charge is 2.32. The summed E-state index contributed by atoms with van der Waals surface area (Å²) < 4.78 is 7.26. The van der Waals surface area contributed by atoms with E-state index in [0.29, 0.717) is 30.3 Å². The zero-order valence-corrected chi connectivity index (χ0v) is 14.0. The molecule has 3 heterocycles. The summed E-state index contributed by atoms with van der Waals surface area (Å²) in [7, 11) is 0. The van der Waals surface area contributed by atoms with Gasteiger partial charge in [-0.15, -0.1) is 11.8 Å². The second kappa shape index (κ2) is 6.49. The number of hydrogen-bond donors (Lipinski definition) is 2. The SMILES string of the molecule is O=C1CSC(c2ccccc2)c2c(n(C3CCOCC3)[nH]c2=O)N1. The summed E-state index contributed by atoms with van der Waals surface area (Å²) in [4.78, 5) is 24.9. The van der Waals surface area contributed by atoms with E-state index >= 15 is 0 Å². The molecule has 1 atom stereocenters. The fourth-order valence-corrected chi connectivity index (χ4v) is 4.48. The van der Waals surface area contributed by atoms with E-state index in [0.717, 1.165) is 18.4 Å². The molecule has 1 amide bonds. The average molecular weight is 345 g/mol. The van der Waals surface area contributed by atoms with Gasteiger partial charge in [-0.1, -0.05) is 30.3 Å². The van der Waals surface area contributed by atoms with E-state index in [1.165, 1.54) is 11.8 Å². The molecular weight excluding hydrogens is 326 g/mol. The van der Waals surface area contributed by atoms with Crippen LogP contribution in [0.4, 0.5) is 5.82 Å². The molecular formula is C17H19N3O3S. The first-order chi connectivity index (χ1) is 11.7. The molecule has 2 aliphatic rings. The summed E-state index contributed by atoms with van der Waals surface area (Å²) in [6, 6.07) is 10.0. The number of amides is 1. The number of benzene rings is 1. The third-order valence-electron chi connectivity index (χ3n) is 4.52. The molecule has 7 heteroatoms. The first-order valence-corrected chi connectivity index (χ1v) is 9.17. The summed E-state index contributed by atoms with van der Waals surface area (Å²) in [5.41, 5.74) is 1.55. The number of carbonyl (C=O) groups is 1. The topological polar surface area (TPSA) is 76.1 Å². The summed E-state index contributed by atoms with van der Waals surface area (Å²) in [6.45, 7) is 1.34. The number of nitrogens with zero attached hydrogens (tertiary/aromatic N) is 1. The number of anilines is 1. The van der Waals surface area contributed by atoms with Crippen LogP contribution in [0, 0.1) is 0 Å². The lowest BCUT2D eigenvalue weighted by Crippen LogP contribution is -2.24. The number of aromatic amines is 1. The molecule has 2 aromatic rings. The van der Waals surface area contributed by atoms with Gasteiger partial charge in [0.25, 0.3) is 5.56 Å². The highest BCUT2D eigenvalue weighted by atomic mass is 32.2. The predicted molar refractivity (Wildman–Crippen MR) is 93.5 cm³/mol. The van der Waals surface area contributed by atoms with E-state index in [4.69, 9.17) is 4.74 Å². The van der Waals surface area contributed by atoms with Gasteiger partial charge < -0.3 is 10.1 Å². The van der Waals surface area contributed by atoms with Gasteiger partial charge in [0.1, 0.15) is 5.82 Å². The average Bonchev–Trinajstić information content (AvgIpc) is 2.83. The second-order valence-electron chi connectivity index (χ2n) is 6.07. The molecule has 2 N–H and O–H groups in total. The molecule has 126 valence electrons. The Balaban J connectivity index is 1.82. The van der Waals surface area contributed by atoms with Crippen LogP contribution in [0.2, 0.25) is 0 Å². The lowest BCUT2D eigenvalue weighted by Gasteiger charge is -2.25. The fourth-order valence-electron chi connectivity index (χ4n) is 3.35. The van der Waals surface area contributed by atoms with Crippen molar-refractivity contribution in [1.29, 1.82) is 0 Å². The van der Waals surface area contributed by atoms with Crippen LogP contribution in [0.5, 0.6) is 0 Å². The van der Waals surface area contributed by atoms with Crippen LogP contribution in [0.15, 0.2) is 35.1 Å². The zero-order chi connectivity index (χ0) is 16.5. The molecule has 0 bridgehead atoms. The summed E-state index contributed by atoms with van der Waals surface area (Å²) in [6.07, 6.45) is 1.66. The van der Waals surface area contributed by atoms with Gasteiger partial charge in [-0.2, -0.15) is 0 Å². The van der Waals surface area contributed by atoms with Gasteiger partial charge in [-0.3, -0.25) is 19.4 Å². The Morgan fingerprint density at radius 2 is 1.88 bits per heavy atom. The molecule has 1 fully saturated rings. The highest BCUT2D eigenvalue weighted by molar-refractivity contribution is 8.00. The van der Waals surface area contributed by atoms with Crippen LogP contribution in [-0.4, -0.2) is 34.7 Å². The van der Waals surface area contributed by atoms with Gasteiger partial charge in [-0.05, 0) is 18.4 Å². The van der Waals surface area contributed by atoms with Crippen molar-refractivity contribution < 1.29 is 9.53 Å². The molecule has 1 unspecified atom stereocenters. The molecule has 0 spiro atoms. The monoisotopic (exact) mass is 345 g/mol. The van der Waals surface area contributed by atoms with E-state index in [-0.39, 0.29) is 22.8 Å². The van der Waals surface area contributed by atoms with E-state index < -0.39 is 0 Å². The highest BCUT2D eigenvalue weighted by Crippen LogP contribution is 2.40. The molecule has 0 radical (unpaired) electrons. The molecule has 6 nitrogen and oxygen atoms in total. The van der Waals surface area contributed by atoms with Crippen molar-refractivity contribution in [2.45, 2.75) is 24.1 Å². The summed E-state index contributed by atoms with van der Waals surface area (Å²) >= 11 is 1.49. The Morgan fingerprint density at radius 1 is 1.12 bits per heavy atom. The van der Waals surface area contributed by atoms with Gasteiger partial charge in [0.2, 0.25) is 5.91 Å². The van der Waals surface area contributed by atoms with Crippen molar-refractivity contribution >= 4 is 23.5 Å². The Labute approximate surface area is 143 Å². The minimum atomic E-state index is -0.148. The lowest BCUT2D eigenvalue weighted by molar-refractivity contribution is -0.113. The van der Waals surface area contributed by atoms with Crippen molar-refractivity contribution in [3.8, 4) is 0 Å². The molecule has 4 rings (SSSR count). The number of H-pyrrole nitrogens is 1. The third kappa shape index (κ3) is 2.78. The van der Waals surface area contributed by atoms with Crippen molar-refractivity contribution in [2.24, 2.45) is 0 Å². The van der Waals surface area contributed by atoms with E-state index in [1.807, 2.05) is 35.0 Å². The minimum Gasteiger partial charge on any atom is -0.381 e. The fraction of sp³-hybridized carbons (Fsp3) is 0.412. The molecule has 1 saturated heterocycles. The normalized spacial score (nSPS) is 21.8. The van der Waals surface area contributed by atoms with Crippen LogP contribution in [0.25, 0.3) is 0 Å². The molecule has 0 saturated carbocycles. The maximum Gasteiger partial charge on any atom is 0.270 e. The Bertz CT molecular complexity index is 793. The van der Waals surface area contributed by atoms with Gasteiger partial charge in [0.15, 0.2) is 0 Å². The van der Waals surface area contributed by atoms with Crippen molar-refractivity contribution in [2.75, 3.05) is 24.3 Å². The molecule has 2 aliphatic heterocycles. The van der Waals surface area contributed by atoms with E-state index in [1.54, 1.807) is 0 Å². The maximum atomic E-state index is 12.7. The second-order valence-corrected chi connectivity index (χ2v) is 7.16. The van der Waals surface area contributed by atoms with Crippen molar-refractivity contribution in [3.63, 3.8) is 0 Å². The maximum absolute atomic E-state index is 12.7. The van der Waals surface area contributed by atoms with Gasteiger partial charge in [-0.25, -0.2) is 0 Å². The first kappa shape index (κ1) is 15.5. The van der Waals surface area contributed by atoms with Crippen LogP contribution < -0.4 is 10.9 Å². The van der Waals surface area contributed by atoms with Crippen LogP contribution in [-0.2, 0) is 9.53 Å². The molecule has 24 heavy (non-hydrogen) atoms. The van der Waals surface area contributed by atoms with Crippen LogP contribution in [0.1, 0.15) is 35.3 Å². The predicted octanol–water partition coefficient (Wildman–Crippen LogP) is 2.30. The van der Waals surface area contributed by atoms with Crippen molar-refractivity contribution in [1.82, 2.24) is 9.78 Å². The Hall–Kier alpha value is -1.99. The first-order valence-electron chi connectivity index (χ1n) is 8.12. The molecule has 1 aromatic heterocycles. The number of rotatable bonds is 2. The number of fused-ring (bicyclic) bond motifs is 1. The Kier molecular flexibility index (Phi) is 4.20. The van der Waals surface area contributed by atoms with Crippen molar-refractivity contribution in [3.05, 3.63) is 51.8 Å². The van der Waals surface area contributed by atoms with E-state index in [9.17, 15) is 9.59 Å². The molecule has 1 aromatic carbocycles. The van der Waals surface area contributed by atoms with Gasteiger partial charge in [0, 0.05) is 13.2 Å². The minimum absolute atomic E-state index is 0.0699. The quantitative estimate of drug-likeness (QED) is 0.876. The number of thioether (sulfide) groups is 1. The number of hydrogen-bond acceptors (Lipinski definition) is 4. The number of aromatic nitrogens is 2. The summed E-state index contributed by atoms with van der Waals surface area (Å²) in [5.74, 6) is 0.886. The van der Waals surface area contributed by atoms with Crippen LogP contribution in [0.3, 0.4) is 0 Å². The largest absolute Gasteiger partial charge is 0.381 e. The number of nitrogens with one attached hydrogen (secondary N) is 2. The summed E-state index contributed by atoms with van der Waals surface area (Å²) in [5, 5.41) is 5.74. The number of carbonyl (C=O) groups excluding carboxylic acids is 1. The molecule has 0 aliphatic carbocycles.